The minimum atomic E-state index is -3.09. The van der Waals surface area contributed by atoms with Gasteiger partial charge in [-0.15, -0.1) is 5.10 Å². The quantitative estimate of drug-likeness (QED) is 0.731. The molecule has 3 atom stereocenters. The first-order valence-corrected chi connectivity index (χ1v) is 9.37. The number of alkyl halides is 2. The maximum atomic E-state index is 14.0. The molecule has 0 aliphatic carbocycles. The van der Waals surface area contributed by atoms with E-state index in [1.165, 1.54) is 24.6 Å². The Bertz CT molecular complexity index is 969. The Morgan fingerprint density at radius 2 is 2.31 bits per heavy atom. The van der Waals surface area contributed by atoms with E-state index in [2.05, 4.69) is 15.4 Å². The lowest BCUT2D eigenvalue weighted by atomic mass is 9.98. The lowest BCUT2D eigenvalue weighted by molar-refractivity contribution is -0.153. The van der Waals surface area contributed by atoms with Gasteiger partial charge in [0.2, 0.25) is 5.95 Å². The van der Waals surface area contributed by atoms with Gasteiger partial charge in [-0.1, -0.05) is 18.5 Å². The van der Waals surface area contributed by atoms with Gasteiger partial charge in [-0.05, 0) is 6.42 Å². The third-order valence-corrected chi connectivity index (χ3v) is 5.26. The van der Waals surface area contributed by atoms with E-state index in [4.69, 9.17) is 21.1 Å². The Morgan fingerprint density at radius 3 is 2.93 bits per heavy atom. The van der Waals surface area contributed by atoms with Gasteiger partial charge in [-0.2, -0.15) is 5.26 Å². The molecule has 0 radical (unpaired) electrons. The highest BCUT2D eigenvalue weighted by Gasteiger charge is 2.37. The standard InChI is InChI=1S/C18H20ClF2N5O3/c1-9(18(3,20)21)16-11(6-22)15(19)13-7-23-17(25-26(13)16)24-12-4-5-28-8-14(12)29-10(2)27/h7,9,12,14H,4-5,8H2,1-3H3,(H,24,25)/t9?,12-,14-/m1/s1. The Hall–Kier alpha value is -2.51. The summed E-state index contributed by atoms with van der Waals surface area (Å²) in [6.07, 6.45) is 1.36. The molecule has 1 fully saturated rings. The van der Waals surface area contributed by atoms with Crippen LogP contribution in [0.25, 0.3) is 5.52 Å². The van der Waals surface area contributed by atoms with Gasteiger partial charge in [0.25, 0.3) is 5.92 Å². The highest BCUT2D eigenvalue weighted by Crippen LogP contribution is 2.39. The summed E-state index contributed by atoms with van der Waals surface area (Å²) in [6, 6.07) is 1.57. The second-order valence-electron chi connectivity index (χ2n) is 7.01. The first kappa shape index (κ1) is 21.2. The molecular formula is C18H20ClF2N5O3. The second kappa shape index (κ2) is 8.08. The molecule has 1 aliphatic rings. The largest absolute Gasteiger partial charge is 0.458 e. The molecule has 0 aromatic carbocycles. The number of nitrogens with zero attached hydrogens (tertiary/aromatic N) is 4. The van der Waals surface area contributed by atoms with Crippen molar-refractivity contribution >= 4 is 29.0 Å². The number of fused-ring (bicyclic) bond motifs is 1. The van der Waals surface area contributed by atoms with Crippen molar-refractivity contribution in [2.24, 2.45) is 0 Å². The van der Waals surface area contributed by atoms with Crippen LogP contribution < -0.4 is 5.32 Å². The van der Waals surface area contributed by atoms with Gasteiger partial charge < -0.3 is 14.8 Å². The molecule has 11 heteroatoms. The summed E-state index contributed by atoms with van der Waals surface area (Å²) in [7, 11) is 0. The topological polar surface area (TPSA) is 102 Å². The van der Waals surface area contributed by atoms with E-state index in [0.717, 1.165) is 6.92 Å². The lowest BCUT2D eigenvalue weighted by Gasteiger charge is -2.31. The van der Waals surface area contributed by atoms with Gasteiger partial charge in [0.05, 0.1) is 41.0 Å². The highest BCUT2D eigenvalue weighted by atomic mass is 35.5. The van der Waals surface area contributed by atoms with Crippen molar-refractivity contribution in [2.75, 3.05) is 18.5 Å². The van der Waals surface area contributed by atoms with Crippen molar-refractivity contribution < 1.29 is 23.0 Å². The van der Waals surface area contributed by atoms with Crippen LogP contribution in [0.3, 0.4) is 0 Å². The smallest absolute Gasteiger partial charge is 0.303 e. The summed E-state index contributed by atoms with van der Waals surface area (Å²) in [4.78, 5) is 15.5. The van der Waals surface area contributed by atoms with Crippen LogP contribution in [0.1, 0.15) is 44.4 Å². The minimum Gasteiger partial charge on any atom is -0.458 e. The van der Waals surface area contributed by atoms with Gasteiger partial charge in [0.15, 0.2) is 0 Å². The molecule has 0 spiro atoms. The van der Waals surface area contributed by atoms with E-state index in [1.54, 1.807) is 0 Å². The number of hydrogen-bond donors (Lipinski definition) is 1. The number of nitrogens with one attached hydrogen (secondary N) is 1. The van der Waals surface area contributed by atoms with Crippen LogP contribution in [0.2, 0.25) is 5.02 Å². The van der Waals surface area contributed by atoms with E-state index in [0.29, 0.717) is 13.0 Å². The Kier molecular flexibility index (Phi) is 5.91. The van der Waals surface area contributed by atoms with Gasteiger partial charge in [-0.25, -0.2) is 18.3 Å². The van der Waals surface area contributed by atoms with Gasteiger partial charge in [-0.3, -0.25) is 4.79 Å². The number of nitriles is 1. The molecule has 156 valence electrons. The molecule has 2 aromatic heterocycles. The first-order chi connectivity index (χ1) is 13.6. The van der Waals surface area contributed by atoms with Crippen molar-refractivity contribution in [2.45, 2.75) is 51.2 Å². The molecule has 0 saturated carbocycles. The molecule has 1 aliphatic heterocycles. The molecular weight excluding hydrogens is 408 g/mol. The SMILES string of the molecule is CC(=O)O[C@@H]1COCC[C@H]1Nc1ncc2c(Cl)c(C#N)c(C(C)C(C)(F)F)n2n1. The number of anilines is 1. The molecule has 29 heavy (non-hydrogen) atoms. The third kappa shape index (κ3) is 4.26. The number of carbonyl (C=O) groups excluding carboxylic acids is 1. The van der Waals surface area contributed by atoms with Crippen LogP contribution in [0.4, 0.5) is 14.7 Å². The zero-order valence-electron chi connectivity index (χ0n) is 16.1. The van der Waals surface area contributed by atoms with Crippen molar-refractivity contribution in [1.29, 1.82) is 5.26 Å². The summed E-state index contributed by atoms with van der Waals surface area (Å²) < 4.78 is 39.8. The van der Waals surface area contributed by atoms with Crippen LogP contribution in [-0.2, 0) is 14.3 Å². The summed E-state index contributed by atoms with van der Waals surface area (Å²) >= 11 is 6.22. The van der Waals surface area contributed by atoms with Crippen LogP contribution in [0, 0.1) is 11.3 Å². The number of esters is 1. The van der Waals surface area contributed by atoms with Crippen LogP contribution in [-0.4, -0.2) is 51.8 Å². The van der Waals surface area contributed by atoms with Crippen molar-refractivity contribution in [3.05, 3.63) is 22.5 Å². The lowest BCUT2D eigenvalue weighted by Crippen LogP contribution is -2.44. The fourth-order valence-corrected chi connectivity index (χ4v) is 3.48. The summed E-state index contributed by atoms with van der Waals surface area (Å²) in [5, 5.41) is 16.8. The normalized spacial score (nSPS) is 20.9. The second-order valence-corrected chi connectivity index (χ2v) is 7.38. The van der Waals surface area contributed by atoms with Gasteiger partial charge >= 0.3 is 5.97 Å². The van der Waals surface area contributed by atoms with Crippen molar-refractivity contribution in [3.63, 3.8) is 0 Å². The first-order valence-electron chi connectivity index (χ1n) is 9.00. The van der Waals surface area contributed by atoms with Gasteiger partial charge in [0.1, 0.15) is 17.7 Å². The van der Waals surface area contributed by atoms with E-state index in [9.17, 15) is 18.8 Å². The predicted octanol–water partition coefficient (Wildman–Crippen LogP) is 3.15. The zero-order valence-corrected chi connectivity index (χ0v) is 16.8. The molecule has 1 N–H and O–H groups in total. The van der Waals surface area contributed by atoms with Crippen molar-refractivity contribution in [3.8, 4) is 6.07 Å². The molecule has 0 amide bonds. The Balaban J connectivity index is 2.01. The molecule has 2 aromatic rings. The van der Waals surface area contributed by atoms with Crippen LogP contribution in [0.15, 0.2) is 6.20 Å². The molecule has 3 rings (SSSR count). The van der Waals surface area contributed by atoms with E-state index >= 15 is 0 Å². The average Bonchev–Trinajstić information content (AvgIpc) is 2.92. The Morgan fingerprint density at radius 1 is 1.59 bits per heavy atom. The number of hydrogen-bond acceptors (Lipinski definition) is 7. The number of aromatic nitrogens is 3. The number of rotatable bonds is 5. The third-order valence-electron chi connectivity index (χ3n) is 4.88. The van der Waals surface area contributed by atoms with Crippen LogP contribution >= 0.6 is 11.6 Å². The molecule has 1 saturated heterocycles. The average molecular weight is 428 g/mol. The van der Waals surface area contributed by atoms with Crippen LogP contribution in [0.5, 0.6) is 0 Å². The maximum Gasteiger partial charge on any atom is 0.303 e. The Labute approximate surface area is 170 Å². The summed E-state index contributed by atoms with van der Waals surface area (Å²) in [5.41, 5.74) is 0.202. The number of carbonyl (C=O) groups is 1. The molecule has 1 unspecified atom stereocenters. The monoisotopic (exact) mass is 427 g/mol. The molecule has 8 nitrogen and oxygen atoms in total. The summed E-state index contributed by atoms with van der Waals surface area (Å²) in [6.45, 7) is 4.06. The van der Waals surface area contributed by atoms with Crippen molar-refractivity contribution in [1.82, 2.24) is 14.6 Å². The fraction of sp³-hybridized carbons (Fsp3) is 0.556. The minimum absolute atomic E-state index is 0.00830. The zero-order chi connectivity index (χ0) is 21.3. The highest BCUT2D eigenvalue weighted by molar-refractivity contribution is 6.35. The van der Waals surface area contributed by atoms with Gasteiger partial charge in [0, 0.05) is 20.5 Å². The fourth-order valence-electron chi connectivity index (χ4n) is 3.22. The van der Waals surface area contributed by atoms with E-state index < -0.39 is 23.9 Å². The maximum absolute atomic E-state index is 14.0. The van der Waals surface area contributed by atoms with E-state index in [1.807, 2.05) is 6.07 Å². The predicted molar refractivity (Wildman–Crippen MR) is 100 cm³/mol. The number of ether oxygens (including phenoxy) is 2. The van der Waals surface area contributed by atoms with E-state index in [-0.39, 0.29) is 40.4 Å². The summed E-state index contributed by atoms with van der Waals surface area (Å²) in [5.74, 6) is -4.72. The molecule has 0 bridgehead atoms. The number of halogens is 3. The molecule has 3 heterocycles.